The van der Waals surface area contributed by atoms with E-state index in [1.165, 1.54) is 5.56 Å². The zero-order valence-electron chi connectivity index (χ0n) is 15.2. The number of carbonyl (C=O) groups is 1. The Morgan fingerprint density at radius 3 is 2.27 bits per heavy atom. The van der Waals surface area contributed by atoms with Crippen LogP contribution in [0.4, 0.5) is 5.69 Å². The molecule has 134 valence electrons. The Hall–Kier alpha value is -2.85. The highest BCUT2D eigenvalue weighted by Crippen LogP contribution is 2.30. The molecule has 3 rings (SSSR count). The zero-order chi connectivity index (χ0) is 18.5. The minimum absolute atomic E-state index is 0.157. The number of phenolic OH excluding ortho intramolecular Hbond substituents is 1. The van der Waals surface area contributed by atoms with Gasteiger partial charge in [-0.3, -0.25) is 9.69 Å². The van der Waals surface area contributed by atoms with E-state index in [1.807, 2.05) is 48.5 Å². The number of hydrogen-bond donors (Lipinski definition) is 2. The van der Waals surface area contributed by atoms with Crippen LogP contribution >= 0.6 is 0 Å². The number of fused-ring (bicyclic) bond motifs is 1. The van der Waals surface area contributed by atoms with E-state index in [0.717, 1.165) is 30.4 Å². The van der Waals surface area contributed by atoms with Crippen molar-refractivity contribution in [1.82, 2.24) is 4.90 Å². The van der Waals surface area contributed by atoms with Crippen molar-refractivity contribution in [3.05, 3.63) is 71.8 Å². The molecule has 0 atom stereocenters. The second-order valence-corrected chi connectivity index (χ2v) is 6.29. The molecule has 4 heteroatoms. The molecule has 0 fully saturated rings. The van der Waals surface area contributed by atoms with Gasteiger partial charge in [-0.1, -0.05) is 50.2 Å². The number of anilines is 1. The first-order valence-corrected chi connectivity index (χ1v) is 8.95. The highest BCUT2D eigenvalue weighted by Gasteiger charge is 2.10. The highest BCUT2D eigenvalue weighted by atomic mass is 16.3. The molecule has 2 N–H and O–H groups in total. The molecule has 0 unspecified atom stereocenters. The highest BCUT2D eigenvalue weighted by molar-refractivity contribution is 6.09. The third-order valence-electron chi connectivity index (χ3n) is 4.66. The third-order valence-corrected chi connectivity index (χ3v) is 4.66. The summed E-state index contributed by atoms with van der Waals surface area (Å²) in [6.07, 6.45) is 0. The summed E-state index contributed by atoms with van der Waals surface area (Å²) in [5, 5.41) is 14.5. The second kappa shape index (κ2) is 8.02. The van der Waals surface area contributed by atoms with E-state index in [-0.39, 0.29) is 11.7 Å². The summed E-state index contributed by atoms with van der Waals surface area (Å²) in [7, 11) is 0. The van der Waals surface area contributed by atoms with Gasteiger partial charge in [-0.15, -0.1) is 0 Å². The molecule has 26 heavy (non-hydrogen) atoms. The van der Waals surface area contributed by atoms with Crippen molar-refractivity contribution in [3.63, 3.8) is 0 Å². The molecule has 0 radical (unpaired) electrons. The predicted molar refractivity (Wildman–Crippen MR) is 107 cm³/mol. The number of rotatable bonds is 6. The van der Waals surface area contributed by atoms with E-state index < -0.39 is 0 Å². The van der Waals surface area contributed by atoms with Gasteiger partial charge in [0, 0.05) is 28.6 Å². The number of nitrogens with zero attached hydrogens (tertiary/aromatic N) is 1. The smallest absolute Gasteiger partial charge is 0.255 e. The molecule has 0 saturated carbocycles. The number of carbonyl (C=O) groups excluding carboxylic acids is 1. The molecule has 0 heterocycles. The van der Waals surface area contributed by atoms with Gasteiger partial charge in [0.1, 0.15) is 5.75 Å². The minimum atomic E-state index is -0.157. The van der Waals surface area contributed by atoms with Gasteiger partial charge in [-0.2, -0.15) is 0 Å². The Kier molecular flexibility index (Phi) is 5.54. The molecule has 0 aliphatic heterocycles. The Morgan fingerprint density at radius 1 is 0.923 bits per heavy atom. The molecule has 0 saturated heterocycles. The summed E-state index contributed by atoms with van der Waals surface area (Å²) in [4.78, 5) is 14.9. The van der Waals surface area contributed by atoms with Crippen molar-refractivity contribution >= 4 is 22.4 Å². The fourth-order valence-corrected chi connectivity index (χ4v) is 3.06. The molecule has 0 spiro atoms. The van der Waals surface area contributed by atoms with Gasteiger partial charge in [0.05, 0.1) is 0 Å². The maximum absolute atomic E-state index is 12.6. The van der Waals surface area contributed by atoms with Gasteiger partial charge in [-0.05, 0) is 42.9 Å². The number of nitrogens with one attached hydrogen (secondary N) is 1. The number of benzene rings is 3. The summed E-state index contributed by atoms with van der Waals surface area (Å²) in [6, 6.07) is 18.5. The number of aromatic hydroxyl groups is 1. The van der Waals surface area contributed by atoms with Crippen LogP contribution in [0.5, 0.6) is 5.75 Å². The molecule has 4 nitrogen and oxygen atoms in total. The van der Waals surface area contributed by atoms with Crippen LogP contribution in [0.15, 0.2) is 60.7 Å². The van der Waals surface area contributed by atoms with Crippen LogP contribution in [0.25, 0.3) is 10.8 Å². The molecule has 1 amide bonds. The van der Waals surface area contributed by atoms with Crippen LogP contribution in [0.1, 0.15) is 29.8 Å². The topological polar surface area (TPSA) is 52.6 Å². The normalized spacial score (nSPS) is 11.0. The van der Waals surface area contributed by atoms with E-state index in [1.54, 1.807) is 12.1 Å². The maximum Gasteiger partial charge on any atom is 0.255 e. The average Bonchev–Trinajstić information content (AvgIpc) is 2.67. The van der Waals surface area contributed by atoms with Gasteiger partial charge >= 0.3 is 0 Å². The molecular formula is C22H24N2O2. The Balaban J connectivity index is 1.77. The molecule has 0 aromatic heterocycles. The van der Waals surface area contributed by atoms with Crippen molar-refractivity contribution in [2.24, 2.45) is 0 Å². The van der Waals surface area contributed by atoms with Gasteiger partial charge in [-0.25, -0.2) is 0 Å². The average molecular weight is 348 g/mol. The Bertz CT molecular complexity index is 900. The third kappa shape index (κ3) is 3.86. The Morgan fingerprint density at radius 2 is 1.58 bits per heavy atom. The van der Waals surface area contributed by atoms with Crippen LogP contribution in [0.3, 0.4) is 0 Å². The molecular weight excluding hydrogens is 324 g/mol. The molecule has 3 aromatic carbocycles. The van der Waals surface area contributed by atoms with Crippen molar-refractivity contribution < 1.29 is 9.90 Å². The quantitative estimate of drug-likeness (QED) is 0.682. The van der Waals surface area contributed by atoms with Crippen molar-refractivity contribution in [2.45, 2.75) is 20.4 Å². The summed E-state index contributed by atoms with van der Waals surface area (Å²) >= 11 is 0. The summed E-state index contributed by atoms with van der Waals surface area (Å²) in [5.41, 5.74) is 2.50. The first kappa shape index (κ1) is 18.0. The van der Waals surface area contributed by atoms with E-state index in [0.29, 0.717) is 11.3 Å². The van der Waals surface area contributed by atoms with Crippen LogP contribution in [-0.2, 0) is 6.54 Å². The van der Waals surface area contributed by atoms with E-state index >= 15 is 0 Å². The van der Waals surface area contributed by atoms with Crippen LogP contribution < -0.4 is 5.32 Å². The predicted octanol–water partition coefficient (Wildman–Crippen LogP) is 4.64. The Labute approximate surface area is 154 Å². The van der Waals surface area contributed by atoms with Crippen molar-refractivity contribution in [2.75, 3.05) is 18.4 Å². The maximum atomic E-state index is 12.6. The van der Waals surface area contributed by atoms with Crippen LogP contribution in [-0.4, -0.2) is 29.0 Å². The lowest BCUT2D eigenvalue weighted by Crippen LogP contribution is -2.22. The van der Waals surface area contributed by atoms with Crippen LogP contribution in [0, 0.1) is 0 Å². The van der Waals surface area contributed by atoms with Gasteiger partial charge in [0.25, 0.3) is 5.91 Å². The first-order chi connectivity index (χ1) is 12.6. The van der Waals surface area contributed by atoms with Crippen molar-refractivity contribution in [1.29, 1.82) is 0 Å². The molecule has 3 aromatic rings. The lowest BCUT2D eigenvalue weighted by Gasteiger charge is -2.18. The molecule has 0 bridgehead atoms. The lowest BCUT2D eigenvalue weighted by atomic mass is 10.1. The summed E-state index contributed by atoms with van der Waals surface area (Å²) in [6.45, 7) is 7.19. The monoisotopic (exact) mass is 348 g/mol. The molecule has 0 aliphatic carbocycles. The number of amides is 1. The zero-order valence-corrected chi connectivity index (χ0v) is 15.2. The van der Waals surface area contributed by atoms with Crippen LogP contribution in [0.2, 0.25) is 0 Å². The summed E-state index contributed by atoms with van der Waals surface area (Å²) < 4.78 is 0. The lowest BCUT2D eigenvalue weighted by molar-refractivity contribution is 0.102. The van der Waals surface area contributed by atoms with Crippen molar-refractivity contribution in [3.8, 4) is 5.75 Å². The van der Waals surface area contributed by atoms with E-state index in [2.05, 4.69) is 24.1 Å². The largest absolute Gasteiger partial charge is 0.507 e. The fraction of sp³-hybridized carbons (Fsp3) is 0.227. The number of phenols is 1. The standard InChI is InChI=1S/C22H24N2O2/c1-3-24(4-2)15-16-11-13-17(14-12-16)22(26)23-20-9-5-8-19-18(20)7-6-10-21(19)25/h5-14,25H,3-4,15H2,1-2H3,(H,23,26). The minimum Gasteiger partial charge on any atom is -0.507 e. The number of hydrogen-bond acceptors (Lipinski definition) is 3. The molecule has 0 aliphatic rings. The van der Waals surface area contributed by atoms with Gasteiger partial charge < -0.3 is 10.4 Å². The second-order valence-electron chi connectivity index (χ2n) is 6.29. The fourth-order valence-electron chi connectivity index (χ4n) is 3.06. The SMILES string of the molecule is CCN(CC)Cc1ccc(C(=O)Nc2cccc3c(O)cccc23)cc1. The first-order valence-electron chi connectivity index (χ1n) is 8.95. The van der Waals surface area contributed by atoms with E-state index in [9.17, 15) is 9.90 Å². The van der Waals surface area contributed by atoms with E-state index in [4.69, 9.17) is 0 Å². The summed E-state index contributed by atoms with van der Waals surface area (Å²) in [5.74, 6) is 0.0505. The van der Waals surface area contributed by atoms with Gasteiger partial charge in [0.2, 0.25) is 0 Å². The van der Waals surface area contributed by atoms with Gasteiger partial charge in [0.15, 0.2) is 0 Å².